The molecule has 1 aliphatic rings. The Bertz CT molecular complexity index is 306. The van der Waals surface area contributed by atoms with Gasteiger partial charge in [-0.25, -0.2) is 0 Å². The van der Waals surface area contributed by atoms with E-state index < -0.39 is 23.3 Å². The molecular formula is C11H16O4. The molecule has 2 atom stereocenters. The van der Waals surface area contributed by atoms with E-state index in [0.717, 1.165) is 0 Å². The summed E-state index contributed by atoms with van der Waals surface area (Å²) in [5.41, 5.74) is -1.25. The molecule has 0 fully saturated rings. The molecule has 0 aromatic heterocycles. The molecule has 1 rings (SSSR count). The molecule has 1 aliphatic carbocycles. The van der Waals surface area contributed by atoms with Crippen molar-refractivity contribution in [3.05, 3.63) is 12.2 Å². The van der Waals surface area contributed by atoms with Gasteiger partial charge in [-0.3, -0.25) is 9.59 Å². The Balaban J connectivity index is 3.22. The fraction of sp³-hybridized carbons (Fsp3) is 0.636. The van der Waals surface area contributed by atoms with E-state index in [9.17, 15) is 14.7 Å². The molecule has 2 N–H and O–H groups in total. The van der Waals surface area contributed by atoms with Gasteiger partial charge in [0, 0.05) is 0 Å². The number of allylic oxidation sites excluding steroid dienone is 1. The van der Waals surface area contributed by atoms with Crippen LogP contribution >= 0.6 is 0 Å². The topological polar surface area (TPSA) is 74.6 Å². The number of rotatable bonds is 3. The molecule has 0 radical (unpaired) electrons. The lowest BCUT2D eigenvalue weighted by Gasteiger charge is -2.37. The molecule has 0 aliphatic heterocycles. The number of carbonyl (C=O) groups is 2. The second kappa shape index (κ2) is 4.04. The van der Waals surface area contributed by atoms with Crippen LogP contribution in [-0.2, 0) is 9.59 Å². The van der Waals surface area contributed by atoms with E-state index in [1.54, 1.807) is 26.0 Å². The van der Waals surface area contributed by atoms with E-state index in [1.807, 2.05) is 0 Å². The maximum absolute atomic E-state index is 11.3. The van der Waals surface area contributed by atoms with Crippen molar-refractivity contribution in [1.29, 1.82) is 0 Å². The first-order valence-electron chi connectivity index (χ1n) is 5.06. The lowest BCUT2D eigenvalue weighted by molar-refractivity contribution is -0.163. The second-order valence-corrected chi connectivity index (χ2v) is 4.26. The van der Waals surface area contributed by atoms with Crippen LogP contribution in [0.5, 0.6) is 0 Å². The predicted octanol–water partition coefficient (Wildman–Crippen LogP) is 1.76. The summed E-state index contributed by atoms with van der Waals surface area (Å²) in [7, 11) is 0. The number of carboxylic acid groups (broad SMARTS) is 2. The van der Waals surface area contributed by atoms with Gasteiger partial charge < -0.3 is 10.2 Å². The molecule has 2 unspecified atom stereocenters. The summed E-state index contributed by atoms with van der Waals surface area (Å²) in [6, 6.07) is 0. The Kier molecular flexibility index (Phi) is 3.17. The van der Waals surface area contributed by atoms with Crippen LogP contribution in [0, 0.1) is 17.3 Å². The van der Waals surface area contributed by atoms with E-state index in [-0.39, 0.29) is 5.92 Å². The molecule has 0 heterocycles. The standard InChI is InChI=1S/C11H16O4/c1-7(2)11(10(14)15)6-4-3-5-8(11)9(12)13/h4,6-8H,3,5H2,1-2H3,(H,12,13)(H,14,15). The van der Waals surface area contributed by atoms with Crippen LogP contribution in [-0.4, -0.2) is 22.2 Å². The molecule has 4 heteroatoms. The monoisotopic (exact) mass is 212 g/mol. The summed E-state index contributed by atoms with van der Waals surface area (Å²) in [6.45, 7) is 3.50. The average Bonchev–Trinajstić information content (AvgIpc) is 2.16. The van der Waals surface area contributed by atoms with Crippen molar-refractivity contribution in [3.63, 3.8) is 0 Å². The lowest BCUT2D eigenvalue weighted by atomic mass is 9.63. The minimum absolute atomic E-state index is 0.229. The molecule has 84 valence electrons. The highest BCUT2D eigenvalue weighted by molar-refractivity contribution is 5.86. The molecular weight excluding hydrogens is 196 g/mol. The van der Waals surface area contributed by atoms with Crippen LogP contribution in [0.4, 0.5) is 0 Å². The van der Waals surface area contributed by atoms with Gasteiger partial charge in [0.1, 0.15) is 5.41 Å². The first-order valence-corrected chi connectivity index (χ1v) is 5.06. The van der Waals surface area contributed by atoms with Crippen molar-refractivity contribution in [2.24, 2.45) is 17.3 Å². The van der Waals surface area contributed by atoms with E-state index >= 15 is 0 Å². The third-order valence-corrected chi connectivity index (χ3v) is 3.22. The summed E-state index contributed by atoms with van der Waals surface area (Å²) in [5.74, 6) is -3.11. The molecule has 0 bridgehead atoms. The minimum atomic E-state index is -1.25. The SMILES string of the molecule is CC(C)C1(C(=O)O)C=CCCC1C(=O)O. The zero-order valence-corrected chi connectivity index (χ0v) is 8.93. The molecule has 0 spiro atoms. The van der Waals surface area contributed by atoms with Crippen LogP contribution in [0.2, 0.25) is 0 Å². The third kappa shape index (κ3) is 1.76. The number of hydrogen-bond donors (Lipinski definition) is 2. The van der Waals surface area contributed by atoms with E-state index in [4.69, 9.17) is 5.11 Å². The summed E-state index contributed by atoms with van der Waals surface area (Å²) < 4.78 is 0. The van der Waals surface area contributed by atoms with Gasteiger partial charge >= 0.3 is 11.9 Å². The number of aliphatic carboxylic acids is 2. The highest BCUT2D eigenvalue weighted by atomic mass is 16.4. The maximum Gasteiger partial charge on any atom is 0.314 e. The third-order valence-electron chi connectivity index (χ3n) is 3.22. The normalized spacial score (nSPS) is 30.5. The van der Waals surface area contributed by atoms with Crippen molar-refractivity contribution >= 4 is 11.9 Å². The smallest absolute Gasteiger partial charge is 0.314 e. The molecule has 15 heavy (non-hydrogen) atoms. The van der Waals surface area contributed by atoms with Gasteiger partial charge in [-0.15, -0.1) is 0 Å². The van der Waals surface area contributed by atoms with E-state index in [1.165, 1.54) is 0 Å². The van der Waals surface area contributed by atoms with Gasteiger partial charge in [-0.05, 0) is 18.8 Å². The van der Waals surface area contributed by atoms with Crippen molar-refractivity contribution < 1.29 is 19.8 Å². The first kappa shape index (κ1) is 11.8. The van der Waals surface area contributed by atoms with Gasteiger partial charge in [0.2, 0.25) is 0 Å². The lowest BCUT2D eigenvalue weighted by Crippen LogP contribution is -2.46. The van der Waals surface area contributed by atoms with Gasteiger partial charge in [0.15, 0.2) is 0 Å². The molecule has 0 saturated heterocycles. The second-order valence-electron chi connectivity index (χ2n) is 4.26. The van der Waals surface area contributed by atoms with Crippen molar-refractivity contribution in [1.82, 2.24) is 0 Å². The number of carboxylic acids is 2. The van der Waals surface area contributed by atoms with Crippen LogP contribution in [0.25, 0.3) is 0 Å². The Hall–Kier alpha value is -1.32. The molecule has 0 aromatic rings. The van der Waals surface area contributed by atoms with Gasteiger partial charge in [0.25, 0.3) is 0 Å². The highest BCUT2D eigenvalue weighted by Gasteiger charge is 2.50. The van der Waals surface area contributed by atoms with Crippen LogP contribution < -0.4 is 0 Å². The Morgan fingerprint density at radius 1 is 1.40 bits per heavy atom. The van der Waals surface area contributed by atoms with Crippen LogP contribution in [0.15, 0.2) is 12.2 Å². The Morgan fingerprint density at radius 3 is 2.33 bits per heavy atom. The molecule has 0 aromatic carbocycles. The number of hydrogen-bond acceptors (Lipinski definition) is 2. The Morgan fingerprint density at radius 2 is 2.00 bits per heavy atom. The fourth-order valence-electron chi connectivity index (χ4n) is 2.29. The molecule has 0 amide bonds. The highest BCUT2D eigenvalue weighted by Crippen LogP contribution is 2.43. The largest absolute Gasteiger partial charge is 0.481 e. The van der Waals surface area contributed by atoms with Gasteiger partial charge in [-0.1, -0.05) is 26.0 Å². The summed E-state index contributed by atoms with van der Waals surface area (Å²) in [5, 5.41) is 18.3. The average molecular weight is 212 g/mol. The van der Waals surface area contributed by atoms with Gasteiger partial charge in [-0.2, -0.15) is 0 Å². The summed E-state index contributed by atoms with van der Waals surface area (Å²) >= 11 is 0. The molecule has 4 nitrogen and oxygen atoms in total. The van der Waals surface area contributed by atoms with Crippen molar-refractivity contribution in [3.8, 4) is 0 Å². The minimum Gasteiger partial charge on any atom is -0.481 e. The summed E-state index contributed by atoms with van der Waals surface area (Å²) in [6.07, 6.45) is 4.37. The zero-order valence-electron chi connectivity index (χ0n) is 8.93. The predicted molar refractivity (Wildman–Crippen MR) is 54.4 cm³/mol. The fourth-order valence-corrected chi connectivity index (χ4v) is 2.29. The quantitative estimate of drug-likeness (QED) is 0.699. The van der Waals surface area contributed by atoms with Crippen LogP contribution in [0.1, 0.15) is 26.7 Å². The molecule has 0 saturated carbocycles. The van der Waals surface area contributed by atoms with Crippen molar-refractivity contribution in [2.45, 2.75) is 26.7 Å². The zero-order chi connectivity index (χ0) is 11.6. The first-order chi connectivity index (χ1) is 6.93. The van der Waals surface area contributed by atoms with Crippen molar-refractivity contribution in [2.75, 3.05) is 0 Å². The van der Waals surface area contributed by atoms with E-state index in [0.29, 0.717) is 12.8 Å². The van der Waals surface area contributed by atoms with Crippen LogP contribution in [0.3, 0.4) is 0 Å². The van der Waals surface area contributed by atoms with E-state index in [2.05, 4.69) is 0 Å². The van der Waals surface area contributed by atoms with Gasteiger partial charge in [0.05, 0.1) is 5.92 Å². The maximum atomic E-state index is 11.3. The summed E-state index contributed by atoms with van der Waals surface area (Å²) in [4.78, 5) is 22.4. The Labute approximate surface area is 88.6 Å².